The second kappa shape index (κ2) is 6.15. The molecule has 0 N–H and O–H groups in total. The van der Waals surface area contributed by atoms with Crippen LogP contribution in [-0.4, -0.2) is 6.36 Å². The average molecular weight is 359 g/mol. The fourth-order valence-corrected chi connectivity index (χ4v) is 5.46. The number of rotatable bonds is 2. The van der Waals surface area contributed by atoms with Crippen LogP contribution in [0.15, 0.2) is 87.5 Å². The van der Waals surface area contributed by atoms with Crippen molar-refractivity contribution in [3.05, 3.63) is 83.9 Å². The molecule has 0 amide bonds. The molecule has 1 nitrogen and oxygen atoms in total. The molecular weight excluding hydrogens is 345 g/mol. The molecule has 1 heterocycles. The van der Waals surface area contributed by atoms with Crippen molar-refractivity contribution in [2.75, 3.05) is 0 Å². The molecule has 3 aromatic rings. The van der Waals surface area contributed by atoms with Gasteiger partial charge in [0.1, 0.15) is 5.75 Å². The van der Waals surface area contributed by atoms with Gasteiger partial charge >= 0.3 is 6.36 Å². The fourth-order valence-electron chi connectivity index (χ4n) is 3.07. The molecule has 126 valence electrons. The molecule has 4 rings (SSSR count). The number of hydrogen-bond acceptors (Lipinski definition) is 1. The van der Waals surface area contributed by atoms with Gasteiger partial charge in [-0.25, -0.2) is 0 Å². The predicted molar refractivity (Wildman–Crippen MR) is 91.0 cm³/mol. The summed E-state index contributed by atoms with van der Waals surface area (Å²) in [6.45, 7) is 0. The number of ether oxygens (including phenoxy) is 1. The van der Waals surface area contributed by atoms with Crippen LogP contribution in [0.25, 0.3) is 0 Å². The number of halogens is 3. The van der Waals surface area contributed by atoms with Crippen LogP contribution in [0.5, 0.6) is 5.75 Å². The first-order chi connectivity index (χ1) is 12.0. The van der Waals surface area contributed by atoms with Crippen molar-refractivity contribution < 1.29 is 17.9 Å². The smallest absolute Gasteiger partial charge is 0.406 e. The minimum absolute atomic E-state index is 0.165. The van der Waals surface area contributed by atoms with Gasteiger partial charge < -0.3 is 4.74 Å². The van der Waals surface area contributed by atoms with Crippen LogP contribution in [0.4, 0.5) is 13.2 Å². The minimum Gasteiger partial charge on any atom is -0.406 e. The summed E-state index contributed by atoms with van der Waals surface area (Å²) in [6.07, 6.45) is -4.07. The van der Waals surface area contributed by atoms with Gasteiger partial charge in [0.2, 0.25) is 0 Å². The molecule has 1 aliphatic heterocycles. The summed E-state index contributed by atoms with van der Waals surface area (Å²) in [6, 6.07) is 22.9. The van der Waals surface area contributed by atoms with Gasteiger partial charge in [0, 0.05) is 17.5 Å². The van der Waals surface area contributed by atoms with Gasteiger partial charge in [-0.15, -0.1) is 13.2 Å². The molecule has 5 heteroatoms. The lowest BCUT2D eigenvalue weighted by atomic mass is 10.0. The fraction of sp³-hybridized carbons (Fsp3) is 0.100. The topological polar surface area (TPSA) is 9.23 Å². The highest BCUT2D eigenvalue weighted by Gasteiger charge is 2.38. The molecule has 0 fully saturated rings. The van der Waals surface area contributed by atoms with Crippen LogP contribution in [0.3, 0.4) is 0 Å². The third kappa shape index (κ3) is 3.24. The monoisotopic (exact) mass is 359 g/mol. The van der Waals surface area contributed by atoms with Crippen LogP contribution in [0.2, 0.25) is 0 Å². The average Bonchev–Trinajstić information content (AvgIpc) is 2.59. The first kappa shape index (κ1) is 16.1. The van der Waals surface area contributed by atoms with Gasteiger partial charge in [-0.2, -0.15) is 0 Å². The Kier molecular flexibility index (Phi) is 3.96. The van der Waals surface area contributed by atoms with Crippen LogP contribution >= 0.6 is 0 Å². The van der Waals surface area contributed by atoms with E-state index in [9.17, 15) is 13.2 Å². The zero-order valence-corrected chi connectivity index (χ0v) is 13.9. The van der Waals surface area contributed by atoms with Crippen molar-refractivity contribution in [1.29, 1.82) is 0 Å². The van der Waals surface area contributed by atoms with Gasteiger partial charge in [-0.3, -0.25) is 0 Å². The molecule has 0 bridgehead atoms. The third-order valence-corrected chi connectivity index (χ3v) is 6.46. The first-order valence-electron chi connectivity index (χ1n) is 7.77. The quantitative estimate of drug-likeness (QED) is 0.424. The maximum absolute atomic E-state index is 12.5. The van der Waals surface area contributed by atoms with E-state index in [2.05, 4.69) is 22.9 Å². The molecule has 0 spiro atoms. The molecule has 25 heavy (non-hydrogen) atoms. The zero-order valence-electron chi connectivity index (χ0n) is 13.1. The van der Waals surface area contributed by atoms with Crippen molar-refractivity contribution in [1.82, 2.24) is 0 Å². The maximum Gasteiger partial charge on any atom is 0.573 e. The van der Waals surface area contributed by atoms with E-state index in [4.69, 9.17) is 0 Å². The Bertz CT molecular complexity index is 906. The van der Waals surface area contributed by atoms with Crippen LogP contribution < -0.4 is 4.74 Å². The van der Waals surface area contributed by atoms with E-state index >= 15 is 0 Å². The summed E-state index contributed by atoms with van der Waals surface area (Å²) in [5.74, 6) is -0.165. The van der Waals surface area contributed by atoms with Crippen molar-refractivity contribution in [2.45, 2.75) is 27.5 Å². The SMILES string of the molecule is FC(F)(F)Oc1ccc2c(c1)Cc1ccccc1[S+]2c1ccccc1. The summed E-state index contributed by atoms with van der Waals surface area (Å²) in [5, 5.41) is 0. The van der Waals surface area contributed by atoms with Gasteiger partial charge in [-0.05, 0) is 36.4 Å². The molecular formula is C20H14F3OS+. The molecule has 0 aromatic heterocycles. The van der Waals surface area contributed by atoms with Crippen molar-refractivity contribution in [3.8, 4) is 5.75 Å². The molecule has 1 aliphatic rings. The van der Waals surface area contributed by atoms with Gasteiger partial charge in [-0.1, -0.05) is 36.4 Å². The Morgan fingerprint density at radius 1 is 0.760 bits per heavy atom. The normalized spacial score (nSPS) is 16.0. The molecule has 0 aliphatic carbocycles. The number of alkyl halides is 3. The van der Waals surface area contributed by atoms with E-state index < -0.39 is 6.36 Å². The Balaban J connectivity index is 1.84. The van der Waals surface area contributed by atoms with E-state index in [1.807, 2.05) is 36.4 Å². The van der Waals surface area contributed by atoms with Gasteiger partial charge in [0.05, 0.1) is 10.9 Å². The van der Waals surface area contributed by atoms with Crippen molar-refractivity contribution >= 4 is 10.9 Å². The van der Waals surface area contributed by atoms with Crippen LogP contribution in [0, 0.1) is 0 Å². The number of benzene rings is 3. The lowest BCUT2D eigenvalue weighted by Crippen LogP contribution is -2.19. The molecule has 1 atom stereocenters. The van der Waals surface area contributed by atoms with Crippen molar-refractivity contribution in [2.24, 2.45) is 0 Å². The highest BCUT2D eigenvalue weighted by Crippen LogP contribution is 2.41. The Labute approximate surface area is 146 Å². The predicted octanol–water partition coefficient (Wildman–Crippen LogP) is 5.58. The Hall–Kier alpha value is -2.40. The summed E-state index contributed by atoms with van der Waals surface area (Å²) < 4.78 is 41.7. The Morgan fingerprint density at radius 3 is 2.20 bits per heavy atom. The van der Waals surface area contributed by atoms with E-state index in [1.54, 1.807) is 6.07 Å². The summed E-state index contributed by atoms with van der Waals surface area (Å²) in [7, 11) is -0.326. The van der Waals surface area contributed by atoms with Gasteiger partial charge in [0.15, 0.2) is 14.7 Å². The highest BCUT2D eigenvalue weighted by atomic mass is 32.2. The zero-order chi connectivity index (χ0) is 17.4. The Morgan fingerprint density at radius 2 is 1.44 bits per heavy atom. The van der Waals surface area contributed by atoms with Crippen LogP contribution in [0.1, 0.15) is 11.1 Å². The van der Waals surface area contributed by atoms with E-state index in [-0.39, 0.29) is 16.6 Å². The minimum atomic E-state index is -4.68. The first-order valence-corrected chi connectivity index (χ1v) is 9.00. The van der Waals surface area contributed by atoms with E-state index in [0.717, 1.165) is 20.9 Å². The number of hydrogen-bond donors (Lipinski definition) is 0. The molecule has 0 radical (unpaired) electrons. The highest BCUT2D eigenvalue weighted by molar-refractivity contribution is 7.97. The molecule has 0 saturated heterocycles. The summed E-state index contributed by atoms with van der Waals surface area (Å²) in [4.78, 5) is 3.44. The van der Waals surface area contributed by atoms with E-state index in [1.165, 1.54) is 17.0 Å². The maximum atomic E-state index is 12.5. The second-order valence-electron chi connectivity index (χ2n) is 5.72. The largest absolute Gasteiger partial charge is 0.573 e. The number of fused-ring (bicyclic) bond motifs is 2. The molecule has 1 unspecified atom stereocenters. The van der Waals surface area contributed by atoms with E-state index in [0.29, 0.717) is 6.42 Å². The summed E-state index contributed by atoms with van der Waals surface area (Å²) >= 11 is 0. The molecule has 0 saturated carbocycles. The third-order valence-electron chi connectivity index (χ3n) is 4.04. The van der Waals surface area contributed by atoms with Crippen LogP contribution in [-0.2, 0) is 17.3 Å². The standard InChI is InChI=1S/C20H14F3OS/c21-20(22,23)24-16-10-11-19-15(13-16)12-14-6-4-5-9-18(14)25(19)17-7-2-1-3-8-17/h1-11,13H,12H2/q+1. The lowest BCUT2D eigenvalue weighted by molar-refractivity contribution is -0.274. The second-order valence-corrected chi connectivity index (χ2v) is 7.68. The van der Waals surface area contributed by atoms with Gasteiger partial charge in [0.25, 0.3) is 0 Å². The molecule has 3 aromatic carbocycles. The summed E-state index contributed by atoms with van der Waals surface area (Å²) in [5.41, 5.74) is 2.03. The van der Waals surface area contributed by atoms with Crippen molar-refractivity contribution in [3.63, 3.8) is 0 Å². The lowest BCUT2D eigenvalue weighted by Gasteiger charge is -2.20.